The van der Waals surface area contributed by atoms with Crippen molar-refractivity contribution in [1.82, 2.24) is 24.7 Å². The summed E-state index contributed by atoms with van der Waals surface area (Å²) in [6.45, 7) is 0.582. The second kappa shape index (κ2) is 3.93. The summed E-state index contributed by atoms with van der Waals surface area (Å²) in [5, 5.41) is 13.4. The molecular weight excluding hydrogens is 266 g/mol. The molecule has 0 unspecified atom stereocenters. The summed E-state index contributed by atoms with van der Waals surface area (Å²) in [6.07, 6.45) is 3.86. The second-order valence-corrected chi connectivity index (χ2v) is 5.16. The summed E-state index contributed by atoms with van der Waals surface area (Å²) in [6, 6.07) is 1.96. The normalized spacial score (nSPS) is 23.7. The molecule has 1 fully saturated rings. The lowest BCUT2D eigenvalue weighted by Crippen LogP contribution is -2.17. The van der Waals surface area contributed by atoms with Crippen molar-refractivity contribution in [2.45, 2.75) is 18.6 Å². The van der Waals surface area contributed by atoms with E-state index >= 15 is 0 Å². The van der Waals surface area contributed by atoms with Crippen LogP contribution in [0.25, 0.3) is 16.7 Å². The molecule has 4 rings (SSSR count). The van der Waals surface area contributed by atoms with Crippen molar-refractivity contribution >= 4 is 28.3 Å². The van der Waals surface area contributed by atoms with Gasteiger partial charge in [-0.1, -0.05) is 11.6 Å². The highest BCUT2D eigenvalue weighted by Crippen LogP contribution is 2.29. The molecular formula is C12H12ClN5O. The van der Waals surface area contributed by atoms with Crippen molar-refractivity contribution in [3.05, 3.63) is 29.4 Å². The summed E-state index contributed by atoms with van der Waals surface area (Å²) in [5.41, 5.74) is 2.52. The number of hydrogen-bond acceptors (Lipinski definition) is 4. The van der Waals surface area contributed by atoms with Crippen LogP contribution in [-0.4, -0.2) is 37.1 Å². The van der Waals surface area contributed by atoms with Gasteiger partial charge in [0.05, 0.1) is 23.9 Å². The van der Waals surface area contributed by atoms with E-state index in [2.05, 4.69) is 20.3 Å². The number of nitrogens with one attached hydrogen (secondary N) is 2. The van der Waals surface area contributed by atoms with Crippen molar-refractivity contribution in [1.29, 1.82) is 0 Å². The van der Waals surface area contributed by atoms with Gasteiger partial charge in [-0.15, -0.1) is 0 Å². The molecule has 4 heterocycles. The van der Waals surface area contributed by atoms with Crippen LogP contribution < -0.4 is 5.32 Å². The molecule has 0 bridgehead atoms. The van der Waals surface area contributed by atoms with Gasteiger partial charge in [0.25, 0.3) is 0 Å². The van der Waals surface area contributed by atoms with Crippen molar-refractivity contribution in [3.63, 3.8) is 0 Å². The third kappa shape index (κ3) is 1.57. The number of halogens is 1. The number of H-pyrrole nitrogens is 1. The van der Waals surface area contributed by atoms with Gasteiger partial charge in [-0.05, 0) is 12.5 Å². The average molecular weight is 278 g/mol. The van der Waals surface area contributed by atoms with Gasteiger partial charge in [-0.3, -0.25) is 4.40 Å². The zero-order chi connectivity index (χ0) is 13.0. The number of β-amino-alcohol motifs (C(OH)–C–C–N with tert-alkyl or cyclic N) is 1. The topological polar surface area (TPSA) is 78.2 Å². The fourth-order valence-corrected chi connectivity index (χ4v) is 2.92. The maximum atomic E-state index is 9.66. The number of aliphatic hydroxyl groups is 1. The van der Waals surface area contributed by atoms with E-state index in [0.29, 0.717) is 18.1 Å². The highest BCUT2D eigenvalue weighted by molar-refractivity contribution is 6.32. The standard InChI is InChI=1S/C12H12ClN5O/c13-10-9-5-16-11-8(1-2-14-11)18(9)12(17-10)7-3-6(19)4-15-7/h1-2,5-7,14-15,19H,3-4H2/t6-,7-/m1/s1. The predicted molar refractivity (Wildman–Crippen MR) is 71.2 cm³/mol. The van der Waals surface area contributed by atoms with Crippen molar-refractivity contribution in [2.75, 3.05) is 6.54 Å². The summed E-state index contributed by atoms with van der Waals surface area (Å²) in [7, 11) is 0. The number of imidazole rings is 1. The van der Waals surface area contributed by atoms with Gasteiger partial charge >= 0.3 is 0 Å². The van der Waals surface area contributed by atoms with E-state index in [-0.39, 0.29) is 12.1 Å². The zero-order valence-corrected chi connectivity index (χ0v) is 10.7. The number of nitrogens with zero attached hydrogens (tertiary/aromatic N) is 3. The molecule has 3 aromatic heterocycles. The van der Waals surface area contributed by atoms with E-state index in [0.717, 1.165) is 22.5 Å². The van der Waals surface area contributed by atoms with Crippen molar-refractivity contribution < 1.29 is 5.11 Å². The van der Waals surface area contributed by atoms with Gasteiger partial charge in [-0.2, -0.15) is 0 Å². The Labute approximate surface area is 113 Å². The minimum Gasteiger partial charge on any atom is -0.392 e. The monoisotopic (exact) mass is 277 g/mol. The number of aromatic amines is 1. The highest BCUT2D eigenvalue weighted by Gasteiger charge is 2.28. The molecule has 2 atom stereocenters. The van der Waals surface area contributed by atoms with Crippen LogP contribution in [0.2, 0.25) is 5.15 Å². The van der Waals surface area contributed by atoms with Gasteiger partial charge in [0.15, 0.2) is 10.8 Å². The molecule has 1 aliphatic heterocycles. The number of aliphatic hydroxyl groups excluding tert-OH is 1. The van der Waals surface area contributed by atoms with Crippen LogP contribution in [0.1, 0.15) is 18.3 Å². The Morgan fingerprint density at radius 3 is 3.11 bits per heavy atom. The first-order valence-electron chi connectivity index (χ1n) is 6.15. The average Bonchev–Trinajstić information content (AvgIpc) is 3.07. The molecule has 0 radical (unpaired) electrons. The van der Waals surface area contributed by atoms with Gasteiger partial charge in [0, 0.05) is 12.7 Å². The molecule has 3 aromatic rings. The Kier molecular flexibility index (Phi) is 2.32. The van der Waals surface area contributed by atoms with Gasteiger partial charge in [0.1, 0.15) is 11.3 Å². The molecule has 19 heavy (non-hydrogen) atoms. The Balaban J connectivity index is 2.01. The SMILES string of the molecule is O[C@H]1CN[C@@H](c2nc(Cl)c3cnc4[nH]ccc4n23)C1. The first kappa shape index (κ1) is 11.2. The summed E-state index contributed by atoms with van der Waals surface area (Å²) >= 11 is 6.19. The molecule has 0 amide bonds. The van der Waals surface area contributed by atoms with Crippen LogP contribution in [0.15, 0.2) is 18.5 Å². The lowest BCUT2D eigenvalue weighted by Gasteiger charge is -2.09. The maximum absolute atomic E-state index is 9.66. The maximum Gasteiger partial charge on any atom is 0.156 e. The minimum atomic E-state index is -0.334. The minimum absolute atomic E-state index is 0.00972. The van der Waals surface area contributed by atoms with Crippen LogP contribution in [0, 0.1) is 0 Å². The van der Waals surface area contributed by atoms with Crippen LogP contribution in [-0.2, 0) is 0 Å². The van der Waals surface area contributed by atoms with E-state index < -0.39 is 0 Å². The number of rotatable bonds is 1. The Morgan fingerprint density at radius 2 is 2.32 bits per heavy atom. The Hall–Kier alpha value is -1.63. The van der Waals surface area contributed by atoms with E-state index in [9.17, 15) is 5.11 Å². The number of fused-ring (bicyclic) bond motifs is 3. The zero-order valence-electron chi connectivity index (χ0n) is 9.97. The molecule has 0 aromatic carbocycles. The van der Waals surface area contributed by atoms with Crippen molar-refractivity contribution in [2.24, 2.45) is 0 Å². The first-order chi connectivity index (χ1) is 9.24. The van der Waals surface area contributed by atoms with E-state index in [4.69, 9.17) is 11.6 Å². The van der Waals surface area contributed by atoms with Gasteiger partial charge < -0.3 is 15.4 Å². The molecule has 3 N–H and O–H groups in total. The smallest absolute Gasteiger partial charge is 0.156 e. The molecule has 7 heteroatoms. The summed E-state index contributed by atoms with van der Waals surface area (Å²) < 4.78 is 2.00. The van der Waals surface area contributed by atoms with E-state index in [1.165, 1.54) is 0 Å². The lowest BCUT2D eigenvalue weighted by molar-refractivity contribution is 0.193. The fraction of sp³-hybridized carbons (Fsp3) is 0.333. The quantitative estimate of drug-likeness (QED) is 0.626. The van der Waals surface area contributed by atoms with E-state index in [1.807, 2.05) is 16.7 Å². The molecule has 1 saturated heterocycles. The number of hydrogen-bond donors (Lipinski definition) is 3. The fourth-order valence-electron chi connectivity index (χ4n) is 2.70. The Morgan fingerprint density at radius 1 is 1.42 bits per heavy atom. The highest BCUT2D eigenvalue weighted by atomic mass is 35.5. The van der Waals surface area contributed by atoms with E-state index in [1.54, 1.807) is 6.20 Å². The molecule has 1 aliphatic rings. The van der Waals surface area contributed by atoms with Gasteiger partial charge in [-0.25, -0.2) is 9.97 Å². The molecule has 98 valence electrons. The van der Waals surface area contributed by atoms with Crippen LogP contribution in [0.3, 0.4) is 0 Å². The summed E-state index contributed by atoms with van der Waals surface area (Å²) in [5.74, 6) is 0.823. The molecule has 6 nitrogen and oxygen atoms in total. The Bertz CT molecular complexity index is 764. The van der Waals surface area contributed by atoms with Crippen LogP contribution in [0.4, 0.5) is 0 Å². The largest absolute Gasteiger partial charge is 0.392 e. The second-order valence-electron chi connectivity index (χ2n) is 4.80. The van der Waals surface area contributed by atoms with Crippen LogP contribution >= 0.6 is 11.6 Å². The predicted octanol–water partition coefficient (Wildman–Crippen LogP) is 1.26. The first-order valence-corrected chi connectivity index (χ1v) is 6.53. The van der Waals surface area contributed by atoms with Crippen LogP contribution in [0.5, 0.6) is 0 Å². The lowest BCUT2D eigenvalue weighted by atomic mass is 10.2. The third-order valence-electron chi connectivity index (χ3n) is 3.57. The molecule has 0 saturated carbocycles. The van der Waals surface area contributed by atoms with Gasteiger partial charge in [0.2, 0.25) is 0 Å². The molecule has 0 spiro atoms. The molecule has 0 aliphatic carbocycles. The number of aromatic nitrogens is 4. The third-order valence-corrected chi connectivity index (χ3v) is 3.85. The van der Waals surface area contributed by atoms with Crippen molar-refractivity contribution in [3.8, 4) is 0 Å². The summed E-state index contributed by atoms with van der Waals surface area (Å²) in [4.78, 5) is 11.8.